The van der Waals surface area contributed by atoms with E-state index in [0.29, 0.717) is 12.1 Å². The second kappa shape index (κ2) is 9.02. The minimum absolute atomic E-state index is 0.570. The predicted molar refractivity (Wildman–Crippen MR) is 101 cm³/mol. The van der Waals surface area contributed by atoms with Crippen molar-refractivity contribution < 1.29 is 0 Å². The van der Waals surface area contributed by atoms with Crippen molar-refractivity contribution in [3.05, 3.63) is 0 Å². The average molecular weight is 337 g/mol. The zero-order valence-electron chi connectivity index (χ0n) is 15.6. The molecule has 0 spiro atoms. The van der Waals surface area contributed by atoms with Gasteiger partial charge in [0, 0.05) is 71.5 Å². The summed E-state index contributed by atoms with van der Waals surface area (Å²) >= 11 is 0. The second-order valence-corrected chi connectivity index (χ2v) is 7.56. The van der Waals surface area contributed by atoms with Crippen molar-refractivity contribution >= 4 is 5.96 Å². The number of fused-ring (bicyclic) bond motifs is 3. The molecule has 138 valence electrons. The van der Waals surface area contributed by atoms with Gasteiger partial charge in [0.25, 0.3) is 0 Å². The molecule has 2 N–H and O–H groups in total. The van der Waals surface area contributed by atoms with Crippen LogP contribution in [0.3, 0.4) is 0 Å². The van der Waals surface area contributed by atoms with E-state index < -0.39 is 0 Å². The summed E-state index contributed by atoms with van der Waals surface area (Å²) in [7, 11) is 1.89. The average Bonchev–Trinajstić information content (AvgIpc) is 2.65. The van der Waals surface area contributed by atoms with E-state index >= 15 is 0 Å². The molecule has 0 saturated carbocycles. The zero-order valence-corrected chi connectivity index (χ0v) is 15.6. The summed E-state index contributed by atoms with van der Waals surface area (Å²) in [6.07, 6.45) is 5.09. The van der Waals surface area contributed by atoms with Gasteiger partial charge in [-0.05, 0) is 25.8 Å². The number of guanidine groups is 1. The highest BCUT2D eigenvalue weighted by Gasteiger charge is 2.31. The van der Waals surface area contributed by atoms with E-state index in [1.807, 2.05) is 7.05 Å². The maximum atomic E-state index is 4.45. The van der Waals surface area contributed by atoms with Gasteiger partial charge in [-0.25, -0.2) is 0 Å². The number of piperidine rings is 1. The van der Waals surface area contributed by atoms with Crippen LogP contribution in [0.2, 0.25) is 0 Å². The van der Waals surface area contributed by atoms with Crippen molar-refractivity contribution in [2.24, 2.45) is 4.99 Å². The smallest absolute Gasteiger partial charge is 0.191 e. The van der Waals surface area contributed by atoms with E-state index in [-0.39, 0.29) is 0 Å². The Balaban J connectivity index is 1.36. The van der Waals surface area contributed by atoms with Gasteiger partial charge in [0.05, 0.1) is 0 Å². The first-order chi connectivity index (χ1) is 11.8. The van der Waals surface area contributed by atoms with Gasteiger partial charge in [-0.1, -0.05) is 13.3 Å². The maximum absolute atomic E-state index is 4.45. The van der Waals surface area contributed by atoms with Crippen molar-refractivity contribution in [1.82, 2.24) is 25.3 Å². The summed E-state index contributed by atoms with van der Waals surface area (Å²) in [5, 5.41) is 7.22. The van der Waals surface area contributed by atoms with Crippen molar-refractivity contribution in [2.75, 3.05) is 66.0 Å². The lowest BCUT2D eigenvalue weighted by atomic mass is 10.0. The topological polar surface area (TPSA) is 46.1 Å². The normalized spacial score (nSPS) is 32.1. The number of rotatable bonds is 6. The summed E-state index contributed by atoms with van der Waals surface area (Å²) in [6.45, 7) is 13.2. The first-order valence-corrected chi connectivity index (χ1v) is 9.94. The summed E-state index contributed by atoms with van der Waals surface area (Å²) in [4.78, 5) is 12.3. The standard InChI is InChI=1S/C18H36N6/c1-3-4-7-22-8-5-16(6-9-22)21-18(19-2)20-14-17-15-23-10-12-24(17)13-11-23/h16-17H,3-15H2,1-2H3,(H2,19,20,21). The lowest BCUT2D eigenvalue weighted by molar-refractivity contribution is 0.0154. The van der Waals surface area contributed by atoms with Gasteiger partial charge in [0.15, 0.2) is 5.96 Å². The molecule has 4 saturated heterocycles. The van der Waals surface area contributed by atoms with Gasteiger partial charge in [-0.3, -0.25) is 14.8 Å². The van der Waals surface area contributed by atoms with Crippen LogP contribution in [0.1, 0.15) is 32.6 Å². The van der Waals surface area contributed by atoms with Crippen LogP contribution in [0.4, 0.5) is 0 Å². The first kappa shape index (κ1) is 18.0. The number of nitrogens with zero attached hydrogens (tertiary/aromatic N) is 4. The molecule has 4 heterocycles. The van der Waals surface area contributed by atoms with Gasteiger partial charge in [0.1, 0.15) is 0 Å². The zero-order chi connectivity index (χ0) is 16.8. The molecule has 0 aromatic heterocycles. The van der Waals surface area contributed by atoms with Crippen molar-refractivity contribution in [2.45, 2.75) is 44.7 Å². The van der Waals surface area contributed by atoms with Gasteiger partial charge in [-0.2, -0.15) is 0 Å². The number of nitrogens with one attached hydrogen (secondary N) is 2. The molecule has 1 atom stereocenters. The largest absolute Gasteiger partial charge is 0.355 e. The molecular formula is C18H36N6. The maximum Gasteiger partial charge on any atom is 0.191 e. The van der Waals surface area contributed by atoms with Crippen LogP contribution in [-0.4, -0.2) is 98.7 Å². The SMILES string of the molecule is CCCCN1CCC(NC(=NC)NCC2CN3CCN2CC3)CC1. The molecule has 0 radical (unpaired) electrons. The highest BCUT2D eigenvalue weighted by molar-refractivity contribution is 5.80. The molecule has 4 aliphatic heterocycles. The highest BCUT2D eigenvalue weighted by atomic mass is 15.4. The predicted octanol–water partition coefficient (Wildman–Crippen LogP) is 0.416. The lowest BCUT2D eigenvalue weighted by Crippen LogP contribution is -2.64. The second-order valence-electron chi connectivity index (χ2n) is 7.56. The van der Waals surface area contributed by atoms with Crippen molar-refractivity contribution in [1.29, 1.82) is 0 Å². The molecule has 6 heteroatoms. The van der Waals surface area contributed by atoms with Crippen LogP contribution < -0.4 is 10.6 Å². The van der Waals surface area contributed by atoms with Crippen LogP contribution in [-0.2, 0) is 0 Å². The Bertz CT molecular complexity index is 396. The third-order valence-electron chi connectivity index (χ3n) is 5.88. The summed E-state index contributed by atoms with van der Waals surface area (Å²) in [6, 6.07) is 1.21. The Hall–Kier alpha value is -0.850. The molecule has 0 aliphatic carbocycles. The summed E-state index contributed by atoms with van der Waals surface area (Å²) < 4.78 is 0. The van der Waals surface area contributed by atoms with Gasteiger partial charge < -0.3 is 15.5 Å². The summed E-state index contributed by atoms with van der Waals surface area (Å²) in [5.74, 6) is 0.986. The first-order valence-electron chi connectivity index (χ1n) is 9.94. The van der Waals surface area contributed by atoms with Crippen LogP contribution in [0.25, 0.3) is 0 Å². The Labute approximate surface area is 147 Å². The third kappa shape index (κ3) is 4.83. The number of likely N-dealkylation sites (tertiary alicyclic amines) is 1. The van der Waals surface area contributed by atoms with Crippen LogP contribution in [0, 0.1) is 0 Å². The fourth-order valence-electron chi connectivity index (χ4n) is 4.20. The fraction of sp³-hybridized carbons (Fsp3) is 0.944. The molecule has 2 bridgehead atoms. The molecule has 4 fully saturated rings. The van der Waals surface area contributed by atoms with Gasteiger partial charge in [-0.15, -0.1) is 0 Å². The molecule has 0 amide bonds. The minimum Gasteiger partial charge on any atom is -0.355 e. The number of aliphatic imine (C=N–C) groups is 1. The van der Waals surface area contributed by atoms with E-state index in [1.54, 1.807) is 0 Å². The van der Waals surface area contributed by atoms with Crippen LogP contribution in [0.5, 0.6) is 0 Å². The number of hydrogen-bond acceptors (Lipinski definition) is 4. The fourth-order valence-corrected chi connectivity index (χ4v) is 4.20. The lowest BCUT2D eigenvalue weighted by Gasteiger charge is -2.47. The Morgan fingerprint density at radius 3 is 2.42 bits per heavy atom. The van der Waals surface area contributed by atoms with Crippen LogP contribution in [0.15, 0.2) is 4.99 Å². The van der Waals surface area contributed by atoms with E-state index in [0.717, 1.165) is 12.5 Å². The number of unbranched alkanes of at least 4 members (excludes halogenated alkanes) is 1. The van der Waals surface area contributed by atoms with Crippen LogP contribution >= 0.6 is 0 Å². The quantitative estimate of drug-likeness (QED) is 0.544. The van der Waals surface area contributed by atoms with Crippen molar-refractivity contribution in [3.63, 3.8) is 0 Å². The third-order valence-corrected chi connectivity index (χ3v) is 5.88. The van der Waals surface area contributed by atoms with E-state index in [9.17, 15) is 0 Å². The minimum atomic E-state index is 0.570. The van der Waals surface area contributed by atoms with Gasteiger partial charge in [0.2, 0.25) is 0 Å². The number of hydrogen-bond donors (Lipinski definition) is 2. The molecule has 4 rings (SSSR count). The molecular weight excluding hydrogens is 300 g/mol. The van der Waals surface area contributed by atoms with E-state index in [1.165, 1.54) is 78.0 Å². The van der Waals surface area contributed by atoms with Crippen molar-refractivity contribution in [3.8, 4) is 0 Å². The molecule has 6 nitrogen and oxygen atoms in total. The van der Waals surface area contributed by atoms with E-state index in [2.05, 4.69) is 37.2 Å². The molecule has 4 aliphatic rings. The monoisotopic (exact) mass is 336 g/mol. The summed E-state index contributed by atoms with van der Waals surface area (Å²) in [5.41, 5.74) is 0. The molecule has 1 unspecified atom stereocenters. The molecule has 0 aromatic carbocycles. The van der Waals surface area contributed by atoms with E-state index in [4.69, 9.17) is 0 Å². The Kier molecular flexibility index (Phi) is 6.75. The Morgan fingerprint density at radius 1 is 1.08 bits per heavy atom. The highest BCUT2D eigenvalue weighted by Crippen LogP contribution is 2.15. The van der Waals surface area contributed by atoms with Gasteiger partial charge >= 0.3 is 0 Å². The molecule has 0 aromatic rings. The Morgan fingerprint density at radius 2 is 1.83 bits per heavy atom. The molecule has 24 heavy (non-hydrogen) atoms. The number of piperazine rings is 3.